The van der Waals surface area contributed by atoms with Crippen LogP contribution in [0.5, 0.6) is 0 Å². The van der Waals surface area contributed by atoms with E-state index < -0.39 is 0 Å². The summed E-state index contributed by atoms with van der Waals surface area (Å²) in [7, 11) is 1.66. The third-order valence-electron chi connectivity index (χ3n) is 4.70. The van der Waals surface area contributed by atoms with Gasteiger partial charge >= 0.3 is 0 Å². The van der Waals surface area contributed by atoms with Gasteiger partial charge in [0.05, 0.1) is 23.1 Å². The third kappa shape index (κ3) is 6.42. The molecule has 9 nitrogen and oxygen atoms in total. The Morgan fingerprint density at radius 3 is 2.67 bits per heavy atom. The lowest BCUT2D eigenvalue weighted by atomic mass is 9.98. The van der Waals surface area contributed by atoms with Gasteiger partial charge in [-0.3, -0.25) is 10.2 Å². The Kier molecular flexibility index (Phi) is 7.49. The number of hydrogen-bond acceptors (Lipinski definition) is 8. The number of nitrogens with zero attached hydrogens (tertiary/aromatic N) is 4. The van der Waals surface area contributed by atoms with Crippen LogP contribution in [0.15, 0.2) is 41.9 Å². The van der Waals surface area contributed by atoms with Crippen molar-refractivity contribution in [3.63, 3.8) is 0 Å². The first kappa shape index (κ1) is 24.0. The Labute approximate surface area is 197 Å². The normalized spacial score (nSPS) is 11.4. The molecule has 3 aromatic rings. The lowest BCUT2D eigenvalue weighted by Gasteiger charge is -2.13. The highest BCUT2D eigenvalue weighted by atomic mass is 32.1. The molecule has 0 atom stereocenters. The molecule has 0 saturated heterocycles. The summed E-state index contributed by atoms with van der Waals surface area (Å²) in [6, 6.07) is 7.73. The summed E-state index contributed by atoms with van der Waals surface area (Å²) in [5.41, 5.74) is 6.22. The average molecular weight is 465 g/mol. The Morgan fingerprint density at radius 2 is 2.00 bits per heavy atom. The lowest BCUT2D eigenvalue weighted by Crippen LogP contribution is -2.22. The van der Waals surface area contributed by atoms with Crippen LogP contribution < -0.4 is 16.1 Å². The van der Waals surface area contributed by atoms with Gasteiger partial charge < -0.3 is 16.1 Å². The van der Waals surface area contributed by atoms with Crippen LogP contribution in [0.4, 0.5) is 5.82 Å². The molecule has 0 aliphatic rings. The Morgan fingerprint density at radius 1 is 1.21 bits per heavy atom. The van der Waals surface area contributed by atoms with Crippen LogP contribution in [0, 0.1) is 12.3 Å². The summed E-state index contributed by atoms with van der Waals surface area (Å²) in [5.74, 6) is 0.481. The maximum Gasteiger partial charge on any atom is 0.263 e. The van der Waals surface area contributed by atoms with Gasteiger partial charge in [-0.05, 0) is 24.1 Å². The van der Waals surface area contributed by atoms with Crippen LogP contribution in [-0.4, -0.2) is 40.0 Å². The van der Waals surface area contributed by atoms with Crippen LogP contribution in [0.2, 0.25) is 0 Å². The van der Waals surface area contributed by atoms with E-state index in [1.807, 2.05) is 25.1 Å². The summed E-state index contributed by atoms with van der Waals surface area (Å²) >= 11 is 1.43. The number of amides is 1. The number of nitrogens with one attached hydrogen (secondary N) is 4. The lowest BCUT2D eigenvalue weighted by molar-refractivity contribution is 0.0954. The van der Waals surface area contributed by atoms with E-state index in [4.69, 9.17) is 5.41 Å². The summed E-state index contributed by atoms with van der Waals surface area (Å²) in [6.45, 7) is 8.66. The monoisotopic (exact) mass is 464 g/mol. The standard InChI is InChI=1S/C23H28N8OS/c1-14-8-15(17-9-20(29-13-28-17)31-19(24)12-30-25-5)6-7-16(14)10-26-21(32)18-11-27-22(33-18)23(2,3)4/h6-9,11-13,25H,10H2,1-5H3,(H,26,32)(H2,24,28,29,31)/b30-12-. The highest BCUT2D eigenvalue weighted by Crippen LogP contribution is 2.27. The van der Waals surface area contributed by atoms with E-state index in [0.717, 1.165) is 27.4 Å². The SMILES string of the molecule is CN/N=C\C(=N)Nc1cc(-c2ccc(CNC(=O)c3cnc(C(C)(C)C)s3)c(C)c2)ncn1. The van der Waals surface area contributed by atoms with Crippen LogP contribution in [0.1, 0.15) is 46.6 Å². The molecule has 0 unspecified atom stereocenters. The van der Waals surface area contributed by atoms with Crippen molar-refractivity contribution in [1.29, 1.82) is 5.41 Å². The molecule has 33 heavy (non-hydrogen) atoms. The van der Waals surface area contributed by atoms with E-state index in [2.05, 4.69) is 56.9 Å². The molecule has 0 saturated carbocycles. The Hall–Kier alpha value is -3.66. The number of carbonyl (C=O) groups excluding carboxylic acids is 1. The first-order valence-corrected chi connectivity index (χ1v) is 11.2. The van der Waals surface area contributed by atoms with Crippen LogP contribution >= 0.6 is 11.3 Å². The van der Waals surface area contributed by atoms with Crippen molar-refractivity contribution in [3.8, 4) is 11.3 Å². The molecule has 0 aliphatic heterocycles. The molecule has 2 aromatic heterocycles. The summed E-state index contributed by atoms with van der Waals surface area (Å²) in [5, 5.41) is 18.4. The molecule has 172 valence electrons. The quantitative estimate of drug-likeness (QED) is 0.240. The first-order chi connectivity index (χ1) is 15.7. The minimum Gasteiger partial charge on any atom is -0.347 e. The van der Waals surface area contributed by atoms with Gasteiger partial charge in [-0.1, -0.05) is 32.9 Å². The second-order valence-corrected chi connectivity index (χ2v) is 9.44. The molecular weight excluding hydrogens is 436 g/mol. The summed E-state index contributed by atoms with van der Waals surface area (Å²) in [4.78, 5) is 26.0. The number of amidine groups is 1. The number of carbonyl (C=O) groups is 1. The van der Waals surface area contributed by atoms with Crippen molar-refractivity contribution in [2.24, 2.45) is 5.10 Å². The minimum absolute atomic E-state index is 0.0768. The predicted octanol–water partition coefficient (Wildman–Crippen LogP) is 3.73. The highest BCUT2D eigenvalue weighted by molar-refractivity contribution is 7.13. The number of aryl methyl sites for hydroxylation is 1. The Balaban J connectivity index is 1.67. The molecule has 0 fully saturated rings. The zero-order chi connectivity index (χ0) is 24.0. The van der Waals surface area contributed by atoms with Gasteiger partial charge in [0.2, 0.25) is 0 Å². The largest absolute Gasteiger partial charge is 0.347 e. The van der Waals surface area contributed by atoms with Gasteiger partial charge in [-0.25, -0.2) is 15.0 Å². The molecule has 1 amide bonds. The van der Waals surface area contributed by atoms with E-state index in [0.29, 0.717) is 17.2 Å². The van der Waals surface area contributed by atoms with Gasteiger partial charge in [-0.15, -0.1) is 11.3 Å². The second-order valence-electron chi connectivity index (χ2n) is 8.41. The van der Waals surface area contributed by atoms with Gasteiger partial charge in [0.25, 0.3) is 5.91 Å². The second kappa shape index (κ2) is 10.3. The number of benzene rings is 1. The molecule has 4 N–H and O–H groups in total. The fraction of sp³-hybridized carbons (Fsp3) is 0.304. The summed E-state index contributed by atoms with van der Waals surface area (Å²) in [6.07, 6.45) is 4.44. The van der Waals surface area contributed by atoms with E-state index in [1.165, 1.54) is 23.9 Å². The van der Waals surface area contributed by atoms with Crippen molar-refractivity contribution >= 4 is 35.1 Å². The van der Waals surface area contributed by atoms with E-state index in [1.54, 1.807) is 19.3 Å². The topological polar surface area (TPSA) is 128 Å². The van der Waals surface area contributed by atoms with Gasteiger partial charge in [0.15, 0.2) is 0 Å². The Bertz CT molecular complexity index is 1180. The van der Waals surface area contributed by atoms with Gasteiger partial charge in [0, 0.05) is 30.6 Å². The average Bonchev–Trinajstić information content (AvgIpc) is 3.28. The molecule has 10 heteroatoms. The third-order valence-corrected chi connectivity index (χ3v) is 6.12. The van der Waals surface area contributed by atoms with Crippen molar-refractivity contribution in [1.82, 2.24) is 25.7 Å². The molecule has 3 rings (SSSR count). The number of hydrogen-bond donors (Lipinski definition) is 4. The van der Waals surface area contributed by atoms with Crippen molar-refractivity contribution in [2.75, 3.05) is 12.4 Å². The minimum atomic E-state index is -0.123. The van der Waals surface area contributed by atoms with Crippen LogP contribution in [0.3, 0.4) is 0 Å². The zero-order valence-corrected chi connectivity index (χ0v) is 20.2. The van der Waals surface area contributed by atoms with Gasteiger partial charge in [-0.2, -0.15) is 5.10 Å². The molecule has 0 aliphatic carbocycles. The fourth-order valence-corrected chi connectivity index (χ4v) is 3.82. The summed E-state index contributed by atoms with van der Waals surface area (Å²) < 4.78 is 0. The number of rotatable bonds is 7. The van der Waals surface area contributed by atoms with Gasteiger partial charge in [0.1, 0.15) is 22.9 Å². The molecule has 0 spiro atoms. The van der Waals surface area contributed by atoms with Crippen molar-refractivity contribution < 1.29 is 4.79 Å². The van der Waals surface area contributed by atoms with Crippen LogP contribution in [0.25, 0.3) is 11.3 Å². The van der Waals surface area contributed by atoms with Crippen molar-refractivity contribution in [3.05, 3.63) is 57.8 Å². The predicted molar refractivity (Wildman–Crippen MR) is 133 cm³/mol. The number of hydrazone groups is 1. The van der Waals surface area contributed by atoms with Crippen molar-refractivity contribution in [2.45, 2.75) is 39.7 Å². The number of thiazole rings is 1. The van der Waals surface area contributed by atoms with E-state index in [-0.39, 0.29) is 17.2 Å². The number of aromatic nitrogens is 3. The molecular formula is C23H28N8OS. The maximum atomic E-state index is 12.6. The van der Waals surface area contributed by atoms with Crippen LogP contribution in [-0.2, 0) is 12.0 Å². The fourth-order valence-electron chi connectivity index (χ4n) is 2.92. The molecule has 0 bridgehead atoms. The molecule has 2 heterocycles. The van der Waals surface area contributed by atoms with E-state index in [9.17, 15) is 4.79 Å². The highest BCUT2D eigenvalue weighted by Gasteiger charge is 2.20. The first-order valence-electron chi connectivity index (χ1n) is 10.4. The zero-order valence-electron chi connectivity index (χ0n) is 19.4. The smallest absolute Gasteiger partial charge is 0.263 e. The molecule has 1 aromatic carbocycles. The van der Waals surface area contributed by atoms with E-state index >= 15 is 0 Å². The maximum absolute atomic E-state index is 12.6. The number of anilines is 1. The molecule has 0 radical (unpaired) electrons.